The number of nitrogens with two attached hydrogens (primary N) is 1. The topological polar surface area (TPSA) is 132 Å². The highest BCUT2D eigenvalue weighted by atomic mass is 32.1. The monoisotopic (exact) mass is 410 g/mol. The first-order valence-corrected chi connectivity index (χ1v) is 9.88. The summed E-state index contributed by atoms with van der Waals surface area (Å²) in [5.74, 6) is -0.872. The molecule has 1 aromatic heterocycles. The van der Waals surface area contributed by atoms with Crippen LogP contribution in [-0.2, 0) is 11.3 Å². The number of aromatic hydroxyl groups is 1. The zero-order valence-electron chi connectivity index (χ0n) is 16.1. The van der Waals surface area contributed by atoms with Gasteiger partial charge in [-0.25, -0.2) is 9.78 Å². The minimum Gasteiger partial charge on any atom is -0.507 e. The van der Waals surface area contributed by atoms with Gasteiger partial charge in [-0.05, 0) is 24.3 Å². The highest BCUT2D eigenvalue weighted by Gasteiger charge is 2.15. The molecule has 8 heteroatoms. The summed E-state index contributed by atoms with van der Waals surface area (Å²) in [5, 5.41) is 33.5. The van der Waals surface area contributed by atoms with Gasteiger partial charge in [0, 0.05) is 45.9 Å². The van der Waals surface area contributed by atoms with Crippen LogP contribution in [0, 0.1) is 5.41 Å². The third kappa shape index (κ3) is 4.38. The Hall–Kier alpha value is -3.39. The number of nitrogens with one attached hydrogen (secondary N) is 2. The summed E-state index contributed by atoms with van der Waals surface area (Å²) in [7, 11) is 0. The van der Waals surface area contributed by atoms with Crippen LogP contribution in [-0.4, -0.2) is 26.9 Å². The fourth-order valence-electron chi connectivity index (χ4n) is 2.81. The maximum absolute atomic E-state index is 11.1. The van der Waals surface area contributed by atoms with Crippen LogP contribution in [0.25, 0.3) is 11.3 Å². The molecule has 0 aliphatic carbocycles. The smallest absolute Gasteiger partial charge is 0.354 e. The van der Waals surface area contributed by atoms with Gasteiger partial charge in [-0.2, -0.15) is 0 Å². The molecule has 0 fully saturated rings. The lowest BCUT2D eigenvalue weighted by Gasteiger charge is -2.12. The van der Waals surface area contributed by atoms with E-state index < -0.39 is 11.7 Å². The van der Waals surface area contributed by atoms with Gasteiger partial charge in [0.25, 0.3) is 0 Å². The predicted octanol–water partition coefficient (Wildman–Crippen LogP) is 4.29. The molecule has 29 heavy (non-hydrogen) atoms. The van der Waals surface area contributed by atoms with Crippen LogP contribution in [0.1, 0.15) is 35.9 Å². The number of thiazole rings is 1. The van der Waals surface area contributed by atoms with Crippen molar-refractivity contribution >= 4 is 34.4 Å². The zero-order valence-corrected chi connectivity index (χ0v) is 16.9. The predicted molar refractivity (Wildman–Crippen MR) is 116 cm³/mol. The molecule has 0 amide bonds. The molecule has 1 heterocycles. The number of carboxylic acids is 1. The SMILES string of the molecule is CC(C)c1nc(-c2cccc(CNc3ccc(N)c(C(=N)C(=O)O)c3)c2O)cs1. The molecule has 7 nitrogen and oxygen atoms in total. The molecule has 0 spiro atoms. The van der Waals surface area contributed by atoms with E-state index in [0.717, 1.165) is 10.7 Å². The van der Waals surface area contributed by atoms with Crippen LogP contribution in [0.5, 0.6) is 5.75 Å². The summed E-state index contributed by atoms with van der Waals surface area (Å²) in [6, 6.07) is 10.3. The maximum Gasteiger partial charge on any atom is 0.354 e. The number of nitrogens with zero attached hydrogens (tertiary/aromatic N) is 1. The fraction of sp³-hybridized carbons (Fsp3) is 0.190. The molecule has 2 aromatic carbocycles. The number of phenols is 1. The molecule has 0 aliphatic rings. The Morgan fingerprint density at radius 3 is 2.72 bits per heavy atom. The van der Waals surface area contributed by atoms with E-state index >= 15 is 0 Å². The lowest BCUT2D eigenvalue weighted by molar-refractivity contribution is -0.129. The Labute approximate surface area is 172 Å². The van der Waals surface area contributed by atoms with E-state index in [0.29, 0.717) is 29.3 Å². The number of carboxylic acid groups (broad SMARTS) is 1. The van der Waals surface area contributed by atoms with Crippen LogP contribution in [0.15, 0.2) is 41.8 Å². The molecule has 0 aliphatic heterocycles. The van der Waals surface area contributed by atoms with Crippen LogP contribution in [0.2, 0.25) is 0 Å². The van der Waals surface area contributed by atoms with Crippen molar-refractivity contribution in [2.24, 2.45) is 0 Å². The second-order valence-corrected chi connectivity index (χ2v) is 7.76. The number of nitrogen functional groups attached to an aromatic ring is 1. The molecule has 0 bridgehead atoms. The second kappa shape index (κ2) is 8.32. The molecule has 3 rings (SSSR count). The van der Waals surface area contributed by atoms with Crippen molar-refractivity contribution in [1.82, 2.24) is 4.98 Å². The van der Waals surface area contributed by atoms with Crippen molar-refractivity contribution in [3.05, 3.63) is 57.9 Å². The van der Waals surface area contributed by atoms with Crippen LogP contribution in [0.3, 0.4) is 0 Å². The number of rotatable bonds is 7. The average molecular weight is 410 g/mol. The zero-order chi connectivity index (χ0) is 21.1. The molecular formula is C21H22N4O3S. The van der Waals surface area contributed by atoms with Gasteiger partial charge in [0.2, 0.25) is 0 Å². The summed E-state index contributed by atoms with van der Waals surface area (Å²) >= 11 is 1.57. The Kier molecular flexibility index (Phi) is 5.84. The number of para-hydroxylation sites is 1. The maximum atomic E-state index is 11.1. The first-order chi connectivity index (χ1) is 13.8. The number of phenolic OH excluding ortho intramolecular Hbond substituents is 1. The van der Waals surface area contributed by atoms with Crippen molar-refractivity contribution in [1.29, 1.82) is 5.41 Å². The summed E-state index contributed by atoms with van der Waals surface area (Å²) in [5.41, 5.74) is 8.26. The highest BCUT2D eigenvalue weighted by molar-refractivity contribution is 7.10. The van der Waals surface area contributed by atoms with Crippen molar-refractivity contribution in [2.45, 2.75) is 26.3 Å². The Bertz CT molecular complexity index is 1080. The summed E-state index contributed by atoms with van der Waals surface area (Å²) in [6.07, 6.45) is 0. The largest absolute Gasteiger partial charge is 0.507 e. The number of benzene rings is 2. The van der Waals surface area contributed by atoms with Gasteiger partial charge in [0.15, 0.2) is 0 Å². The number of anilines is 2. The van der Waals surface area contributed by atoms with E-state index in [2.05, 4.69) is 24.1 Å². The number of aromatic nitrogens is 1. The van der Waals surface area contributed by atoms with Gasteiger partial charge < -0.3 is 21.3 Å². The highest BCUT2D eigenvalue weighted by Crippen LogP contribution is 2.34. The van der Waals surface area contributed by atoms with E-state index in [-0.39, 0.29) is 17.0 Å². The molecule has 150 valence electrons. The number of aliphatic carboxylic acids is 1. The molecule has 6 N–H and O–H groups in total. The second-order valence-electron chi connectivity index (χ2n) is 6.87. The Morgan fingerprint density at radius 2 is 2.07 bits per heavy atom. The fourth-order valence-corrected chi connectivity index (χ4v) is 3.65. The molecule has 0 radical (unpaired) electrons. The number of hydrogen-bond acceptors (Lipinski definition) is 7. The molecule has 0 saturated heterocycles. The first kappa shape index (κ1) is 20.3. The lowest BCUT2D eigenvalue weighted by atomic mass is 10.1. The van der Waals surface area contributed by atoms with Crippen molar-refractivity contribution in [3.63, 3.8) is 0 Å². The van der Waals surface area contributed by atoms with E-state index in [1.807, 2.05) is 17.5 Å². The normalized spacial score (nSPS) is 10.9. The first-order valence-electron chi connectivity index (χ1n) is 9.00. The van der Waals surface area contributed by atoms with E-state index in [1.54, 1.807) is 29.5 Å². The van der Waals surface area contributed by atoms with Gasteiger partial charge in [0.1, 0.15) is 11.5 Å². The quantitative estimate of drug-likeness (QED) is 0.292. The lowest BCUT2D eigenvalue weighted by Crippen LogP contribution is -2.15. The van der Waals surface area contributed by atoms with Crippen LogP contribution < -0.4 is 11.1 Å². The summed E-state index contributed by atoms with van der Waals surface area (Å²) in [6.45, 7) is 4.46. The van der Waals surface area contributed by atoms with Crippen molar-refractivity contribution < 1.29 is 15.0 Å². The van der Waals surface area contributed by atoms with Gasteiger partial charge in [-0.1, -0.05) is 26.0 Å². The third-order valence-electron chi connectivity index (χ3n) is 4.43. The summed E-state index contributed by atoms with van der Waals surface area (Å²) in [4.78, 5) is 15.7. The minimum absolute atomic E-state index is 0.143. The third-order valence-corrected chi connectivity index (χ3v) is 5.58. The van der Waals surface area contributed by atoms with Gasteiger partial charge >= 0.3 is 5.97 Å². The van der Waals surface area contributed by atoms with Gasteiger partial charge in [-0.15, -0.1) is 11.3 Å². The van der Waals surface area contributed by atoms with E-state index in [1.165, 1.54) is 6.07 Å². The van der Waals surface area contributed by atoms with Crippen molar-refractivity contribution in [2.75, 3.05) is 11.1 Å². The molecule has 0 unspecified atom stereocenters. The van der Waals surface area contributed by atoms with Gasteiger partial charge in [0.05, 0.1) is 10.7 Å². The number of carbonyl (C=O) groups is 1. The summed E-state index contributed by atoms with van der Waals surface area (Å²) < 4.78 is 0. The number of hydrogen-bond donors (Lipinski definition) is 5. The Balaban J connectivity index is 1.82. The van der Waals surface area contributed by atoms with Gasteiger partial charge in [-0.3, -0.25) is 5.41 Å². The Morgan fingerprint density at radius 1 is 1.31 bits per heavy atom. The minimum atomic E-state index is -1.34. The van der Waals surface area contributed by atoms with E-state index in [4.69, 9.17) is 16.2 Å². The molecular weight excluding hydrogens is 388 g/mol. The molecule has 3 aromatic rings. The van der Waals surface area contributed by atoms with Crippen LogP contribution in [0.4, 0.5) is 11.4 Å². The molecule has 0 atom stereocenters. The van der Waals surface area contributed by atoms with Crippen LogP contribution >= 0.6 is 11.3 Å². The standard InChI is InChI=1S/C21H22N4O3S/c1-11(2)20-25-17(10-29-20)14-5-3-4-12(19(14)26)9-24-13-6-7-16(22)15(8-13)18(23)21(27)28/h3-8,10-11,23-24,26H,9,22H2,1-2H3,(H,27,28). The molecule has 0 saturated carbocycles. The van der Waals surface area contributed by atoms with Crippen molar-refractivity contribution in [3.8, 4) is 17.0 Å². The average Bonchev–Trinajstić information content (AvgIpc) is 3.18. The van der Waals surface area contributed by atoms with E-state index in [9.17, 15) is 9.90 Å².